The molecule has 1 heterocycles. The summed E-state index contributed by atoms with van der Waals surface area (Å²) in [5.41, 5.74) is 3.94. The third-order valence-corrected chi connectivity index (χ3v) is 4.24. The topological polar surface area (TPSA) is 33.3 Å². The normalized spacial score (nSPS) is 21.2. The van der Waals surface area contributed by atoms with Crippen LogP contribution in [0.25, 0.3) is 0 Å². The number of benzene rings is 1. The molecule has 3 heteroatoms. The maximum atomic E-state index is 5.41. The van der Waals surface area contributed by atoms with Gasteiger partial charge in [-0.05, 0) is 75.5 Å². The Morgan fingerprint density at radius 3 is 2.68 bits per heavy atom. The second kappa shape index (κ2) is 6.40. The van der Waals surface area contributed by atoms with Crippen molar-refractivity contribution in [1.29, 1.82) is 0 Å². The molecule has 1 aliphatic heterocycles. The maximum Gasteiger partial charge on any atom is 0.122 e. The summed E-state index contributed by atoms with van der Waals surface area (Å²) in [4.78, 5) is 0. The molecule has 0 aromatic heterocycles. The first kappa shape index (κ1) is 14.4. The average Bonchev–Trinajstić information content (AvgIpc) is 2.44. The molecule has 3 nitrogen and oxygen atoms in total. The summed E-state index contributed by atoms with van der Waals surface area (Å²) in [7, 11) is 3.81. The van der Waals surface area contributed by atoms with Crippen molar-refractivity contribution in [2.45, 2.75) is 32.7 Å². The first-order chi connectivity index (χ1) is 9.17. The molecule has 0 radical (unpaired) electrons. The molecule has 2 unspecified atom stereocenters. The van der Waals surface area contributed by atoms with Crippen molar-refractivity contribution in [1.82, 2.24) is 10.6 Å². The standard InChI is InChI=1S/C16H26N2O/c1-11-9-15(19-4)12(2)8-14(11)16(17-3)13-6-5-7-18-10-13/h8-9,13,16-18H,5-7,10H2,1-4H3. The van der Waals surface area contributed by atoms with Crippen LogP contribution in [0.15, 0.2) is 12.1 Å². The van der Waals surface area contributed by atoms with E-state index in [1.165, 1.54) is 29.5 Å². The second-order valence-corrected chi connectivity index (χ2v) is 5.55. The minimum atomic E-state index is 0.428. The van der Waals surface area contributed by atoms with E-state index in [0.717, 1.165) is 18.8 Å². The molecule has 2 N–H and O–H groups in total. The van der Waals surface area contributed by atoms with Gasteiger partial charge < -0.3 is 15.4 Å². The predicted octanol–water partition coefficient (Wildman–Crippen LogP) is 2.57. The van der Waals surface area contributed by atoms with Gasteiger partial charge >= 0.3 is 0 Å². The molecule has 1 saturated heterocycles. The predicted molar refractivity (Wildman–Crippen MR) is 79.9 cm³/mol. The number of hydrogen-bond donors (Lipinski definition) is 2. The minimum Gasteiger partial charge on any atom is -0.496 e. The lowest BCUT2D eigenvalue weighted by atomic mass is 9.85. The lowest BCUT2D eigenvalue weighted by Gasteiger charge is -2.32. The Balaban J connectivity index is 2.29. The summed E-state index contributed by atoms with van der Waals surface area (Å²) in [6, 6.07) is 4.87. The van der Waals surface area contributed by atoms with Gasteiger partial charge in [0.05, 0.1) is 7.11 Å². The molecule has 0 bridgehead atoms. The van der Waals surface area contributed by atoms with Crippen molar-refractivity contribution in [3.8, 4) is 5.75 Å². The monoisotopic (exact) mass is 262 g/mol. The van der Waals surface area contributed by atoms with Crippen LogP contribution < -0.4 is 15.4 Å². The molecule has 106 valence electrons. The van der Waals surface area contributed by atoms with Crippen molar-refractivity contribution in [2.24, 2.45) is 5.92 Å². The molecule has 0 saturated carbocycles. The van der Waals surface area contributed by atoms with Crippen molar-refractivity contribution in [3.05, 3.63) is 28.8 Å². The minimum absolute atomic E-state index is 0.428. The van der Waals surface area contributed by atoms with Gasteiger partial charge in [-0.1, -0.05) is 6.07 Å². The van der Waals surface area contributed by atoms with E-state index in [2.05, 4.69) is 43.7 Å². The number of methoxy groups -OCH3 is 1. The molecule has 0 aliphatic carbocycles. The lowest BCUT2D eigenvalue weighted by Crippen LogP contribution is -2.37. The number of nitrogens with one attached hydrogen (secondary N) is 2. The first-order valence-corrected chi connectivity index (χ1v) is 7.20. The average molecular weight is 262 g/mol. The van der Waals surface area contributed by atoms with Gasteiger partial charge in [0.1, 0.15) is 5.75 Å². The number of rotatable bonds is 4. The van der Waals surface area contributed by atoms with E-state index in [0.29, 0.717) is 12.0 Å². The van der Waals surface area contributed by atoms with Crippen molar-refractivity contribution in [2.75, 3.05) is 27.2 Å². The van der Waals surface area contributed by atoms with Gasteiger partial charge in [-0.25, -0.2) is 0 Å². The van der Waals surface area contributed by atoms with E-state index in [-0.39, 0.29) is 0 Å². The molecular weight excluding hydrogens is 236 g/mol. The highest BCUT2D eigenvalue weighted by molar-refractivity contribution is 5.43. The van der Waals surface area contributed by atoms with Crippen LogP contribution in [0, 0.1) is 19.8 Å². The highest BCUT2D eigenvalue weighted by atomic mass is 16.5. The van der Waals surface area contributed by atoms with Gasteiger partial charge in [-0.2, -0.15) is 0 Å². The van der Waals surface area contributed by atoms with Crippen LogP contribution in [0.5, 0.6) is 5.75 Å². The quantitative estimate of drug-likeness (QED) is 0.875. The summed E-state index contributed by atoms with van der Waals surface area (Å²) in [5.74, 6) is 1.66. The SMILES string of the molecule is CNC(c1cc(C)c(OC)cc1C)C1CCCNC1. The maximum absolute atomic E-state index is 5.41. The zero-order chi connectivity index (χ0) is 13.8. The smallest absolute Gasteiger partial charge is 0.122 e. The summed E-state index contributed by atoms with van der Waals surface area (Å²) < 4.78 is 5.41. The summed E-state index contributed by atoms with van der Waals surface area (Å²) in [6.07, 6.45) is 2.57. The summed E-state index contributed by atoms with van der Waals surface area (Å²) in [6.45, 7) is 6.56. The number of hydrogen-bond acceptors (Lipinski definition) is 3. The van der Waals surface area contributed by atoms with Crippen molar-refractivity contribution in [3.63, 3.8) is 0 Å². The highest BCUT2D eigenvalue weighted by Crippen LogP contribution is 2.32. The Morgan fingerprint density at radius 1 is 1.32 bits per heavy atom. The number of aryl methyl sites for hydroxylation is 2. The van der Waals surface area contributed by atoms with E-state index < -0.39 is 0 Å². The molecule has 1 aromatic rings. The molecule has 19 heavy (non-hydrogen) atoms. The van der Waals surface area contributed by atoms with Gasteiger partial charge in [-0.15, -0.1) is 0 Å². The fraction of sp³-hybridized carbons (Fsp3) is 0.625. The largest absolute Gasteiger partial charge is 0.496 e. The van der Waals surface area contributed by atoms with Crippen LogP contribution in [-0.4, -0.2) is 27.2 Å². The van der Waals surface area contributed by atoms with Crippen LogP contribution in [0.4, 0.5) is 0 Å². The molecule has 1 aromatic carbocycles. The molecule has 1 fully saturated rings. The van der Waals surface area contributed by atoms with E-state index in [1.807, 2.05) is 0 Å². The van der Waals surface area contributed by atoms with Crippen LogP contribution in [0.1, 0.15) is 35.6 Å². The summed E-state index contributed by atoms with van der Waals surface area (Å²) >= 11 is 0. The molecule has 2 rings (SSSR count). The molecule has 0 spiro atoms. The zero-order valence-electron chi connectivity index (χ0n) is 12.5. The van der Waals surface area contributed by atoms with E-state index >= 15 is 0 Å². The first-order valence-electron chi connectivity index (χ1n) is 7.20. The van der Waals surface area contributed by atoms with Gasteiger partial charge in [0.15, 0.2) is 0 Å². The van der Waals surface area contributed by atoms with Gasteiger partial charge in [-0.3, -0.25) is 0 Å². The van der Waals surface area contributed by atoms with Gasteiger partial charge in [0.2, 0.25) is 0 Å². The van der Waals surface area contributed by atoms with E-state index in [4.69, 9.17) is 4.74 Å². The van der Waals surface area contributed by atoms with Crippen molar-refractivity contribution < 1.29 is 4.74 Å². The van der Waals surface area contributed by atoms with E-state index in [1.54, 1.807) is 7.11 Å². The Hall–Kier alpha value is -1.06. The van der Waals surface area contributed by atoms with Crippen LogP contribution in [0.2, 0.25) is 0 Å². The Kier molecular flexibility index (Phi) is 4.83. The number of piperidine rings is 1. The molecule has 2 atom stereocenters. The van der Waals surface area contributed by atoms with Crippen LogP contribution >= 0.6 is 0 Å². The summed E-state index contributed by atoms with van der Waals surface area (Å²) in [5, 5.41) is 7.02. The molecule has 1 aliphatic rings. The third kappa shape index (κ3) is 3.10. The molecular formula is C16H26N2O. The van der Waals surface area contributed by atoms with Crippen LogP contribution in [-0.2, 0) is 0 Å². The highest BCUT2D eigenvalue weighted by Gasteiger charge is 2.25. The van der Waals surface area contributed by atoms with Crippen LogP contribution in [0.3, 0.4) is 0 Å². The molecule has 0 amide bonds. The third-order valence-electron chi connectivity index (χ3n) is 4.24. The Bertz CT molecular complexity index is 425. The second-order valence-electron chi connectivity index (χ2n) is 5.55. The fourth-order valence-electron chi connectivity index (χ4n) is 3.18. The zero-order valence-corrected chi connectivity index (χ0v) is 12.5. The number of ether oxygens (including phenoxy) is 1. The van der Waals surface area contributed by atoms with Crippen molar-refractivity contribution >= 4 is 0 Å². The van der Waals surface area contributed by atoms with Gasteiger partial charge in [0, 0.05) is 6.04 Å². The lowest BCUT2D eigenvalue weighted by molar-refractivity contribution is 0.297. The Morgan fingerprint density at radius 2 is 2.11 bits per heavy atom. The Labute approximate surface area is 116 Å². The van der Waals surface area contributed by atoms with Gasteiger partial charge in [0.25, 0.3) is 0 Å². The fourth-order valence-corrected chi connectivity index (χ4v) is 3.18. The van der Waals surface area contributed by atoms with E-state index in [9.17, 15) is 0 Å².